The third-order valence-corrected chi connectivity index (χ3v) is 2.25. The normalized spacial score (nSPS) is 15.5. The standard InChI is InChI=1S/C11H11N3O3/c1-17-9-5-3-2-4-8(9)6-12-14-7-10(15)13-11(14)16/h2-6H,7H2,1H3,(H,13,15,16)/b12-6+. The van der Waals surface area contributed by atoms with Crippen molar-refractivity contribution in [2.24, 2.45) is 5.10 Å². The molecule has 0 aliphatic carbocycles. The lowest BCUT2D eigenvalue weighted by Gasteiger charge is -2.06. The number of benzene rings is 1. The van der Waals surface area contributed by atoms with Crippen molar-refractivity contribution >= 4 is 18.2 Å². The Kier molecular flexibility index (Phi) is 3.04. The average molecular weight is 233 g/mol. The molecule has 1 aliphatic heterocycles. The molecule has 0 atom stereocenters. The lowest BCUT2D eigenvalue weighted by Crippen LogP contribution is -2.24. The van der Waals surface area contributed by atoms with E-state index in [4.69, 9.17) is 4.74 Å². The van der Waals surface area contributed by atoms with Crippen LogP contribution in [0.15, 0.2) is 29.4 Å². The largest absolute Gasteiger partial charge is 0.496 e. The fourth-order valence-electron chi connectivity index (χ4n) is 1.43. The van der Waals surface area contributed by atoms with E-state index in [1.165, 1.54) is 6.21 Å². The summed E-state index contributed by atoms with van der Waals surface area (Å²) in [4.78, 5) is 22.1. The highest BCUT2D eigenvalue weighted by Gasteiger charge is 2.25. The molecule has 1 heterocycles. The molecule has 0 unspecified atom stereocenters. The van der Waals surface area contributed by atoms with Crippen molar-refractivity contribution in [1.82, 2.24) is 10.3 Å². The van der Waals surface area contributed by atoms with E-state index in [1.54, 1.807) is 19.2 Å². The zero-order chi connectivity index (χ0) is 12.3. The van der Waals surface area contributed by atoms with Crippen LogP contribution in [0.25, 0.3) is 0 Å². The number of hydrazone groups is 1. The van der Waals surface area contributed by atoms with Crippen molar-refractivity contribution in [1.29, 1.82) is 0 Å². The molecule has 0 spiro atoms. The molecule has 17 heavy (non-hydrogen) atoms. The number of ether oxygens (including phenoxy) is 1. The highest BCUT2D eigenvalue weighted by atomic mass is 16.5. The van der Waals surface area contributed by atoms with Crippen LogP contribution >= 0.6 is 0 Å². The number of carbonyl (C=O) groups excluding carboxylic acids is 2. The van der Waals surface area contributed by atoms with Gasteiger partial charge in [0.05, 0.1) is 13.3 Å². The molecular weight excluding hydrogens is 222 g/mol. The van der Waals surface area contributed by atoms with E-state index in [9.17, 15) is 9.59 Å². The summed E-state index contributed by atoms with van der Waals surface area (Å²) in [5, 5.41) is 7.13. The topological polar surface area (TPSA) is 71.0 Å². The van der Waals surface area contributed by atoms with E-state index < -0.39 is 6.03 Å². The van der Waals surface area contributed by atoms with Gasteiger partial charge in [-0.2, -0.15) is 5.10 Å². The Balaban J connectivity index is 2.15. The van der Waals surface area contributed by atoms with Gasteiger partial charge in [0, 0.05) is 5.56 Å². The molecule has 0 saturated carbocycles. The van der Waals surface area contributed by atoms with Gasteiger partial charge in [-0.25, -0.2) is 9.80 Å². The zero-order valence-electron chi connectivity index (χ0n) is 9.21. The summed E-state index contributed by atoms with van der Waals surface area (Å²) in [5.41, 5.74) is 0.738. The summed E-state index contributed by atoms with van der Waals surface area (Å²) in [6, 6.07) is 6.75. The minimum Gasteiger partial charge on any atom is -0.496 e. The van der Waals surface area contributed by atoms with Gasteiger partial charge in [-0.05, 0) is 12.1 Å². The first kappa shape index (κ1) is 11.1. The number of methoxy groups -OCH3 is 1. The number of amides is 3. The molecule has 2 rings (SSSR count). The lowest BCUT2D eigenvalue weighted by atomic mass is 10.2. The Labute approximate surface area is 97.9 Å². The number of carbonyl (C=O) groups is 2. The molecule has 6 heteroatoms. The van der Waals surface area contributed by atoms with Crippen LogP contribution in [0.4, 0.5) is 4.79 Å². The predicted octanol–water partition coefficient (Wildman–Crippen LogP) is 0.581. The number of nitrogens with one attached hydrogen (secondary N) is 1. The van der Waals surface area contributed by atoms with Crippen molar-refractivity contribution in [3.8, 4) is 5.75 Å². The average Bonchev–Trinajstić information content (AvgIpc) is 2.65. The minimum absolute atomic E-state index is 0.0511. The van der Waals surface area contributed by atoms with E-state index in [2.05, 4.69) is 10.4 Å². The van der Waals surface area contributed by atoms with Gasteiger partial charge in [0.1, 0.15) is 12.3 Å². The summed E-state index contributed by atoms with van der Waals surface area (Å²) in [6.45, 7) is -0.0511. The van der Waals surface area contributed by atoms with E-state index in [0.717, 1.165) is 10.6 Å². The van der Waals surface area contributed by atoms with Gasteiger partial charge in [-0.3, -0.25) is 10.1 Å². The molecule has 0 bridgehead atoms. The molecule has 1 aromatic rings. The third-order valence-electron chi connectivity index (χ3n) is 2.25. The Morgan fingerprint density at radius 1 is 1.41 bits per heavy atom. The van der Waals surface area contributed by atoms with Gasteiger partial charge in [-0.15, -0.1) is 0 Å². The SMILES string of the molecule is COc1ccccc1/C=N/N1CC(=O)NC1=O. The molecular formula is C11H11N3O3. The molecule has 0 aromatic heterocycles. The molecule has 1 fully saturated rings. The Morgan fingerprint density at radius 2 is 2.18 bits per heavy atom. The first-order valence-corrected chi connectivity index (χ1v) is 4.99. The molecule has 0 radical (unpaired) electrons. The van der Waals surface area contributed by atoms with Gasteiger partial charge in [0.25, 0.3) is 0 Å². The maximum Gasteiger partial charge on any atom is 0.344 e. The van der Waals surface area contributed by atoms with Crippen LogP contribution < -0.4 is 10.1 Å². The summed E-state index contributed by atoms with van der Waals surface area (Å²) < 4.78 is 5.13. The molecule has 1 aliphatic rings. The van der Waals surface area contributed by atoms with Crippen LogP contribution in [0.2, 0.25) is 0 Å². The quantitative estimate of drug-likeness (QED) is 0.613. The van der Waals surface area contributed by atoms with Gasteiger partial charge in [0.2, 0.25) is 5.91 Å². The summed E-state index contributed by atoms with van der Waals surface area (Å²) in [7, 11) is 1.55. The molecule has 1 saturated heterocycles. The van der Waals surface area contributed by atoms with Crippen molar-refractivity contribution < 1.29 is 14.3 Å². The Bertz CT molecular complexity index is 485. The first-order chi connectivity index (χ1) is 8.20. The number of imide groups is 1. The van der Waals surface area contributed by atoms with Gasteiger partial charge >= 0.3 is 6.03 Å². The van der Waals surface area contributed by atoms with Crippen molar-refractivity contribution in [3.63, 3.8) is 0 Å². The van der Waals surface area contributed by atoms with Crippen molar-refractivity contribution in [2.45, 2.75) is 0 Å². The number of hydrogen-bond donors (Lipinski definition) is 1. The predicted molar refractivity (Wildman–Crippen MR) is 60.8 cm³/mol. The Morgan fingerprint density at radius 3 is 2.82 bits per heavy atom. The zero-order valence-corrected chi connectivity index (χ0v) is 9.21. The Hall–Kier alpha value is -2.37. The van der Waals surface area contributed by atoms with E-state index in [0.29, 0.717) is 5.75 Å². The van der Waals surface area contributed by atoms with Gasteiger partial charge in [0.15, 0.2) is 0 Å². The van der Waals surface area contributed by atoms with Gasteiger partial charge in [-0.1, -0.05) is 12.1 Å². The third kappa shape index (κ3) is 2.41. The number of rotatable bonds is 3. The van der Waals surface area contributed by atoms with Crippen molar-refractivity contribution in [3.05, 3.63) is 29.8 Å². The summed E-state index contributed by atoms with van der Waals surface area (Å²) in [6.07, 6.45) is 1.48. The van der Waals surface area contributed by atoms with Crippen LogP contribution in [0.1, 0.15) is 5.56 Å². The molecule has 3 amide bonds. The summed E-state index contributed by atoms with van der Waals surface area (Å²) in [5.74, 6) is 0.300. The highest BCUT2D eigenvalue weighted by molar-refractivity contribution is 6.02. The summed E-state index contributed by atoms with van der Waals surface area (Å²) >= 11 is 0. The number of urea groups is 1. The first-order valence-electron chi connectivity index (χ1n) is 4.99. The second kappa shape index (κ2) is 4.65. The number of para-hydroxylation sites is 1. The highest BCUT2D eigenvalue weighted by Crippen LogP contribution is 2.15. The smallest absolute Gasteiger partial charge is 0.344 e. The van der Waals surface area contributed by atoms with E-state index >= 15 is 0 Å². The van der Waals surface area contributed by atoms with Crippen LogP contribution in [0.3, 0.4) is 0 Å². The number of nitrogens with zero attached hydrogens (tertiary/aromatic N) is 2. The van der Waals surface area contributed by atoms with Crippen LogP contribution in [0, 0.1) is 0 Å². The monoisotopic (exact) mass is 233 g/mol. The molecule has 6 nitrogen and oxygen atoms in total. The molecule has 88 valence electrons. The van der Waals surface area contributed by atoms with Crippen LogP contribution in [-0.4, -0.2) is 36.8 Å². The van der Waals surface area contributed by atoms with E-state index in [1.807, 2.05) is 12.1 Å². The molecule has 1 N–H and O–H groups in total. The van der Waals surface area contributed by atoms with E-state index in [-0.39, 0.29) is 12.5 Å². The number of hydrogen-bond acceptors (Lipinski definition) is 4. The van der Waals surface area contributed by atoms with Gasteiger partial charge < -0.3 is 4.74 Å². The maximum atomic E-state index is 11.2. The molecule has 1 aromatic carbocycles. The maximum absolute atomic E-state index is 11.2. The minimum atomic E-state index is -0.513. The fraction of sp³-hybridized carbons (Fsp3) is 0.182. The second-order valence-corrected chi connectivity index (χ2v) is 3.40. The van der Waals surface area contributed by atoms with Crippen molar-refractivity contribution in [2.75, 3.05) is 13.7 Å². The van der Waals surface area contributed by atoms with Crippen LogP contribution in [-0.2, 0) is 4.79 Å². The fourth-order valence-corrected chi connectivity index (χ4v) is 1.43. The second-order valence-electron chi connectivity index (χ2n) is 3.40. The lowest BCUT2D eigenvalue weighted by molar-refractivity contribution is -0.118. The van der Waals surface area contributed by atoms with Crippen LogP contribution in [0.5, 0.6) is 5.75 Å².